The average molecular weight is 269 g/mol. The van der Waals surface area contributed by atoms with E-state index < -0.39 is 12.0 Å². The Balaban J connectivity index is 2.00. The van der Waals surface area contributed by atoms with Gasteiger partial charge in [-0.05, 0) is 12.8 Å². The number of rotatable bonds is 2. The van der Waals surface area contributed by atoms with Crippen molar-refractivity contribution in [3.63, 3.8) is 0 Å². The van der Waals surface area contributed by atoms with E-state index in [4.69, 9.17) is 4.74 Å². The molecule has 1 saturated heterocycles. The van der Waals surface area contributed by atoms with Gasteiger partial charge in [-0.1, -0.05) is 32.1 Å². The Morgan fingerprint density at radius 2 is 1.68 bits per heavy atom. The molecule has 0 aromatic carbocycles. The lowest BCUT2D eigenvalue weighted by atomic mass is 9.89. The third kappa shape index (κ3) is 3.69. The molecule has 1 aliphatic carbocycles. The number of hydrogen-bond donors (Lipinski definition) is 1. The van der Waals surface area contributed by atoms with E-state index in [1.165, 1.54) is 24.2 Å². The van der Waals surface area contributed by atoms with Gasteiger partial charge in [0.1, 0.15) is 0 Å². The monoisotopic (exact) mass is 269 g/mol. The minimum absolute atomic E-state index is 0.0141. The zero-order valence-electron chi connectivity index (χ0n) is 11.3. The van der Waals surface area contributed by atoms with Gasteiger partial charge in [-0.25, -0.2) is 4.79 Å². The van der Waals surface area contributed by atoms with Crippen LogP contribution in [0.2, 0.25) is 0 Å². The van der Waals surface area contributed by atoms with Crippen molar-refractivity contribution in [1.82, 2.24) is 4.90 Å². The van der Waals surface area contributed by atoms with Crippen LogP contribution in [0.1, 0.15) is 44.9 Å². The molecule has 1 amide bonds. The molecule has 0 radical (unpaired) electrons. The zero-order chi connectivity index (χ0) is 13.7. The van der Waals surface area contributed by atoms with Gasteiger partial charge in [0.05, 0.1) is 13.2 Å². The molecule has 19 heavy (non-hydrogen) atoms. The van der Waals surface area contributed by atoms with Gasteiger partial charge in [0.2, 0.25) is 5.91 Å². The summed E-state index contributed by atoms with van der Waals surface area (Å²) in [5.74, 6) is -0.920. The number of carbonyl (C=O) groups is 2. The Labute approximate surface area is 113 Å². The van der Waals surface area contributed by atoms with E-state index in [0.29, 0.717) is 13.2 Å². The molecule has 2 fully saturated rings. The number of amides is 1. The summed E-state index contributed by atoms with van der Waals surface area (Å²) in [5.41, 5.74) is 0. The summed E-state index contributed by atoms with van der Waals surface area (Å²) in [5, 5.41) is 9.18. The number of morpholine rings is 1. The van der Waals surface area contributed by atoms with Crippen LogP contribution in [-0.4, -0.2) is 47.7 Å². The Morgan fingerprint density at radius 1 is 1.05 bits per heavy atom. The van der Waals surface area contributed by atoms with Crippen molar-refractivity contribution in [2.24, 2.45) is 5.92 Å². The number of nitrogens with zero attached hydrogens (tertiary/aromatic N) is 1. The molecule has 2 rings (SSSR count). The molecule has 2 aliphatic rings. The van der Waals surface area contributed by atoms with Crippen LogP contribution in [0, 0.1) is 5.92 Å². The van der Waals surface area contributed by atoms with Crippen LogP contribution in [0.3, 0.4) is 0 Å². The molecule has 108 valence electrons. The Morgan fingerprint density at radius 3 is 2.32 bits per heavy atom. The first-order valence-electron chi connectivity index (χ1n) is 7.31. The van der Waals surface area contributed by atoms with Crippen molar-refractivity contribution in [3.05, 3.63) is 0 Å². The van der Waals surface area contributed by atoms with Crippen molar-refractivity contribution < 1.29 is 19.4 Å². The van der Waals surface area contributed by atoms with E-state index in [-0.39, 0.29) is 18.4 Å². The van der Waals surface area contributed by atoms with Crippen molar-refractivity contribution in [3.8, 4) is 0 Å². The number of carbonyl (C=O) groups excluding carboxylic acids is 1. The number of aliphatic carboxylic acids is 1. The van der Waals surface area contributed by atoms with Gasteiger partial charge in [-0.2, -0.15) is 0 Å². The van der Waals surface area contributed by atoms with Gasteiger partial charge >= 0.3 is 5.97 Å². The first-order valence-corrected chi connectivity index (χ1v) is 7.31. The molecule has 1 N–H and O–H groups in total. The molecular formula is C14H23NO4. The molecular weight excluding hydrogens is 246 g/mol. The highest BCUT2D eigenvalue weighted by Crippen LogP contribution is 2.25. The molecule has 1 atom stereocenters. The Hall–Kier alpha value is -1.10. The van der Waals surface area contributed by atoms with Gasteiger partial charge in [-0.15, -0.1) is 0 Å². The lowest BCUT2D eigenvalue weighted by Crippen LogP contribution is -2.54. The summed E-state index contributed by atoms with van der Waals surface area (Å²) in [6.07, 6.45) is 7.61. The largest absolute Gasteiger partial charge is 0.480 e. The van der Waals surface area contributed by atoms with Crippen molar-refractivity contribution >= 4 is 11.9 Å². The van der Waals surface area contributed by atoms with Crippen LogP contribution in [0.4, 0.5) is 0 Å². The van der Waals surface area contributed by atoms with E-state index in [1.807, 2.05) is 0 Å². The number of carboxylic acid groups (broad SMARTS) is 1. The molecule has 1 aliphatic heterocycles. The van der Waals surface area contributed by atoms with Gasteiger partial charge in [0, 0.05) is 12.5 Å². The predicted molar refractivity (Wildman–Crippen MR) is 69.8 cm³/mol. The molecule has 1 heterocycles. The maximum Gasteiger partial charge on any atom is 0.328 e. The molecule has 5 heteroatoms. The molecule has 1 saturated carbocycles. The molecule has 5 nitrogen and oxygen atoms in total. The van der Waals surface area contributed by atoms with Crippen LogP contribution >= 0.6 is 0 Å². The summed E-state index contributed by atoms with van der Waals surface area (Å²) in [7, 11) is 0. The van der Waals surface area contributed by atoms with Crippen LogP contribution in [0.25, 0.3) is 0 Å². The van der Waals surface area contributed by atoms with Crippen molar-refractivity contribution in [2.75, 3.05) is 19.8 Å². The zero-order valence-corrected chi connectivity index (χ0v) is 11.3. The summed E-state index contributed by atoms with van der Waals surface area (Å²) >= 11 is 0. The van der Waals surface area contributed by atoms with E-state index in [9.17, 15) is 14.7 Å². The van der Waals surface area contributed by atoms with E-state index in [2.05, 4.69) is 0 Å². The Kier molecular flexibility index (Phi) is 5.19. The van der Waals surface area contributed by atoms with Gasteiger partial charge < -0.3 is 14.7 Å². The maximum absolute atomic E-state index is 12.5. The third-order valence-electron chi connectivity index (χ3n) is 4.15. The van der Waals surface area contributed by atoms with Crippen LogP contribution in [-0.2, 0) is 14.3 Å². The van der Waals surface area contributed by atoms with Gasteiger partial charge in [-0.3, -0.25) is 4.79 Å². The summed E-state index contributed by atoms with van der Waals surface area (Å²) in [6.45, 7) is 0.975. The number of ether oxygens (including phenoxy) is 1. The number of hydrogen-bond acceptors (Lipinski definition) is 3. The SMILES string of the molecule is O=C(O)C1COCCN1C(=O)C1CCCCCCC1. The summed E-state index contributed by atoms with van der Waals surface area (Å²) in [6, 6.07) is -0.799. The second-order valence-corrected chi connectivity index (χ2v) is 5.50. The lowest BCUT2D eigenvalue weighted by Gasteiger charge is -2.35. The fourth-order valence-electron chi connectivity index (χ4n) is 3.01. The highest BCUT2D eigenvalue weighted by atomic mass is 16.5. The van der Waals surface area contributed by atoms with Crippen LogP contribution in [0.15, 0.2) is 0 Å². The lowest BCUT2D eigenvalue weighted by molar-refractivity contribution is -0.160. The van der Waals surface area contributed by atoms with E-state index in [0.717, 1.165) is 25.7 Å². The standard InChI is InChI=1S/C14H23NO4/c16-13(11-6-4-2-1-3-5-7-11)15-8-9-19-10-12(15)14(17)18/h11-12H,1-10H2,(H,17,18). The minimum Gasteiger partial charge on any atom is -0.480 e. The van der Waals surface area contributed by atoms with Crippen LogP contribution < -0.4 is 0 Å². The molecule has 0 aromatic rings. The first kappa shape index (κ1) is 14.3. The average Bonchev–Trinajstić information content (AvgIpc) is 2.37. The highest BCUT2D eigenvalue weighted by molar-refractivity contribution is 5.85. The predicted octanol–water partition coefficient (Wildman–Crippen LogP) is 1.66. The second kappa shape index (κ2) is 6.89. The fourth-order valence-corrected chi connectivity index (χ4v) is 3.01. The Bertz CT molecular complexity index is 323. The highest BCUT2D eigenvalue weighted by Gasteiger charge is 2.35. The third-order valence-corrected chi connectivity index (χ3v) is 4.15. The smallest absolute Gasteiger partial charge is 0.328 e. The number of carboxylic acids is 1. The van der Waals surface area contributed by atoms with Gasteiger partial charge in [0.25, 0.3) is 0 Å². The molecule has 0 aromatic heterocycles. The second-order valence-electron chi connectivity index (χ2n) is 5.50. The quantitative estimate of drug-likeness (QED) is 0.828. The van der Waals surface area contributed by atoms with E-state index >= 15 is 0 Å². The molecule has 0 bridgehead atoms. The summed E-state index contributed by atoms with van der Waals surface area (Å²) in [4.78, 5) is 25.3. The summed E-state index contributed by atoms with van der Waals surface area (Å²) < 4.78 is 5.18. The van der Waals surface area contributed by atoms with E-state index in [1.54, 1.807) is 0 Å². The normalized spacial score (nSPS) is 26.5. The first-order chi connectivity index (χ1) is 9.20. The molecule has 0 spiro atoms. The minimum atomic E-state index is -0.959. The topological polar surface area (TPSA) is 66.8 Å². The van der Waals surface area contributed by atoms with Crippen molar-refractivity contribution in [1.29, 1.82) is 0 Å². The molecule has 1 unspecified atom stereocenters. The van der Waals surface area contributed by atoms with Crippen molar-refractivity contribution in [2.45, 2.75) is 51.0 Å². The van der Waals surface area contributed by atoms with Gasteiger partial charge in [0.15, 0.2) is 6.04 Å². The maximum atomic E-state index is 12.5. The fraction of sp³-hybridized carbons (Fsp3) is 0.857. The van der Waals surface area contributed by atoms with Crippen LogP contribution in [0.5, 0.6) is 0 Å².